The number of aromatic nitrogens is 2. The lowest BCUT2D eigenvalue weighted by Gasteiger charge is -1.93. The highest BCUT2D eigenvalue weighted by atomic mass is 16.6. The van der Waals surface area contributed by atoms with Crippen molar-refractivity contribution >= 4 is 6.21 Å². The first-order valence-corrected chi connectivity index (χ1v) is 3.71. The van der Waals surface area contributed by atoms with Gasteiger partial charge in [-0.2, -0.15) is 0 Å². The molecule has 4 heteroatoms. The van der Waals surface area contributed by atoms with Crippen molar-refractivity contribution in [2.24, 2.45) is 5.16 Å². The summed E-state index contributed by atoms with van der Waals surface area (Å²) in [6.45, 7) is 1.97. The van der Waals surface area contributed by atoms with Gasteiger partial charge in [0.1, 0.15) is 5.82 Å². The Morgan fingerprint density at radius 1 is 1.77 bits per heavy atom. The summed E-state index contributed by atoms with van der Waals surface area (Å²) in [5, 5.41) is 3.61. The minimum atomic E-state index is 0.167. The predicted octanol–water partition coefficient (Wildman–Crippen LogP) is 0.769. The van der Waals surface area contributed by atoms with Crippen LogP contribution in [-0.2, 0) is 4.84 Å². The molecule has 1 aromatic rings. The first-order valence-electron chi connectivity index (χ1n) is 3.71. The molecule has 0 aliphatic carbocycles. The van der Waals surface area contributed by atoms with Crippen LogP contribution in [0.15, 0.2) is 17.4 Å². The summed E-state index contributed by atoms with van der Waals surface area (Å²) >= 11 is 0. The zero-order valence-electron chi connectivity index (χ0n) is 7.27. The van der Waals surface area contributed by atoms with E-state index in [2.05, 4.69) is 21.0 Å². The van der Waals surface area contributed by atoms with Crippen LogP contribution in [0.2, 0.25) is 0 Å². The van der Waals surface area contributed by atoms with Gasteiger partial charge in [-0.15, -0.1) is 6.42 Å². The van der Waals surface area contributed by atoms with Crippen molar-refractivity contribution < 1.29 is 4.84 Å². The van der Waals surface area contributed by atoms with Gasteiger partial charge in [-0.1, -0.05) is 11.1 Å². The van der Waals surface area contributed by atoms with E-state index in [9.17, 15) is 0 Å². The number of hydrogen-bond acceptors (Lipinski definition) is 4. The molecule has 0 fully saturated rings. The van der Waals surface area contributed by atoms with Crippen LogP contribution in [0.4, 0.5) is 0 Å². The quantitative estimate of drug-likeness (QED) is 0.295. The second kappa shape index (κ2) is 4.88. The van der Waals surface area contributed by atoms with Gasteiger partial charge in [0.15, 0.2) is 6.61 Å². The van der Waals surface area contributed by atoms with Gasteiger partial charge in [-0.25, -0.2) is 9.97 Å². The molecule has 0 aliphatic rings. The van der Waals surface area contributed by atoms with E-state index in [-0.39, 0.29) is 6.61 Å². The second-order valence-corrected chi connectivity index (χ2v) is 2.24. The molecule has 0 saturated carbocycles. The van der Waals surface area contributed by atoms with E-state index in [1.165, 1.54) is 6.21 Å². The molecule has 1 rings (SSSR count). The minimum absolute atomic E-state index is 0.167. The third-order valence-electron chi connectivity index (χ3n) is 1.20. The SMILES string of the molecule is C#CCO/N=C/c1ccnc(C)n1. The van der Waals surface area contributed by atoms with Crippen molar-refractivity contribution in [1.29, 1.82) is 0 Å². The molecule has 0 bridgehead atoms. The Morgan fingerprint density at radius 2 is 2.62 bits per heavy atom. The molecule has 0 amide bonds. The number of rotatable bonds is 3. The van der Waals surface area contributed by atoms with E-state index < -0.39 is 0 Å². The van der Waals surface area contributed by atoms with Crippen molar-refractivity contribution in [2.75, 3.05) is 6.61 Å². The monoisotopic (exact) mass is 175 g/mol. The van der Waals surface area contributed by atoms with Crippen molar-refractivity contribution in [2.45, 2.75) is 6.92 Å². The average molecular weight is 175 g/mol. The van der Waals surface area contributed by atoms with Gasteiger partial charge in [0.2, 0.25) is 0 Å². The van der Waals surface area contributed by atoms with Gasteiger partial charge < -0.3 is 4.84 Å². The van der Waals surface area contributed by atoms with Crippen LogP contribution in [0.25, 0.3) is 0 Å². The molecular weight excluding hydrogens is 166 g/mol. The molecule has 0 N–H and O–H groups in total. The van der Waals surface area contributed by atoms with Crippen LogP contribution in [0, 0.1) is 19.3 Å². The van der Waals surface area contributed by atoms with E-state index >= 15 is 0 Å². The average Bonchev–Trinajstić information content (AvgIpc) is 2.13. The van der Waals surface area contributed by atoms with E-state index in [1.807, 2.05) is 0 Å². The molecule has 0 unspecified atom stereocenters. The van der Waals surface area contributed by atoms with Crippen LogP contribution < -0.4 is 0 Å². The van der Waals surface area contributed by atoms with Crippen molar-refractivity contribution in [3.05, 3.63) is 23.8 Å². The van der Waals surface area contributed by atoms with Crippen LogP contribution in [-0.4, -0.2) is 22.8 Å². The van der Waals surface area contributed by atoms with Crippen molar-refractivity contribution in [3.8, 4) is 12.3 Å². The molecule has 4 nitrogen and oxygen atoms in total. The first-order chi connectivity index (χ1) is 6.33. The van der Waals surface area contributed by atoms with Crippen molar-refractivity contribution in [1.82, 2.24) is 9.97 Å². The Balaban J connectivity index is 2.54. The smallest absolute Gasteiger partial charge is 0.177 e. The molecule has 13 heavy (non-hydrogen) atoms. The van der Waals surface area contributed by atoms with Gasteiger partial charge >= 0.3 is 0 Å². The van der Waals surface area contributed by atoms with Crippen LogP contribution in [0.5, 0.6) is 0 Å². The highest BCUT2D eigenvalue weighted by Gasteiger charge is 1.89. The predicted molar refractivity (Wildman–Crippen MR) is 49.1 cm³/mol. The Labute approximate surface area is 76.7 Å². The molecule has 0 radical (unpaired) electrons. The van der Waals surface area contributed by atoms with Crippen LogP contribution in [0.1, 0.15) is 11.5 Å². The lowest BCUT2D eigenvalue weighted by atomic mass is 10.4. The topological polar surface area (TPSA) is 47.4 Å². The Hall–Kier alpha value is -1.89. The summed E-state index contributed by atoms with van der Waals surface area (Å²) < 4.78 is 0. The molecule has 0 spiro atoms. The highest BCUT2D eigenvalue weighted by molar-refractivity contribution is 5.76. The van der Waals surface area contributed by atoms with Gasteiger partial charge in [0, 0.05) is 6.20 Å². The molecule has 0 atom stereocenters. The number of oxime groups is 1. The maximum Gasteiger partial charge on any atom is 0.177 e. The number of aryl methyl sites for hydroxylation is 1. The third-order valence-corrected chi connectivity index (χ3v) is 1.20. The summed E-state index contributed by atoms with van der Waals surface area (Å²) in [5.74, 6) is 2.99. The highest BCUT2D eigenvalue weighted by Crippen LogP contribution is 1.90. The largest absolute Gasteiger partial charge is 0.383 e. The first kappa shape index (κ1) is 9.20. The molecule has 0 saturated heterocycles. The zero-order chi connectivity index (χ0) is 9.52. The minimum Gasteiger partial charge on any atom is -0.383 e. The summed E-state index contributed by atoms with van der Waals surface area (Å²) in [6, 6.07) is 1.73. The van der Waals surface area contributed by atoms with Gasteiger partial charge in [0.05, 0.1) is 11.9 Å². The molecule has 66 valence electrons. The Morgan fingerprint density at radius 3 is 3.31 bits per heavy atom. The number of terminal acetylenes is 1. The molecule has 1 aromatic heterocycles. The Bertz CT molecular complexity index is 341. The fourth-order valence-corrected chi connectivity index (χ4v) is 0.712. The maximum absolute atomic E-state index is 4.96. The number of nitrogens with zero attached hydrogens (tertiary/aromatic N) is 3. The molecule has 0 aliphatic heterocycles. The van der Waals surface area contributed by atoms with E-state index in [0.717, 1.165) is 0 Å². The molecular formula is C9H9N3O. The van der Waals surface area contributed by atoms with Gasteiger partial charge in [0.25, 0.3) is 0 Å². The normalized spacial score (nSPS) is 9.85. The maximum atomic E-state index is 4.96. The lowest BCUT2D eigenvalue weighted by Crippen LogP contribution is -1.93. The van der Waals surface area contributed by atoms with Gasteiger partial charge in [-0.05, 0) is 13.0 Å². The third kappa shape index (κ3) is 3.34. The van der Waals surface area contributed by atoms with Crippen LogP contribution >= 0.6 is 0 Å². The lowest BCUT2D eigenvalue weighted by molar-refractivity contribution is 0.181. The van der Waals surface area contributed by atoms with Gasteiger partial charge in [-0.3, -0.25) is 0 Å². The fourth-order valence-electron chi connectivity index (χ4n) is 0.712. The second-order valence-electron chi connectivity index (χ2n) is 2.24. The molecule has 0 aromatic carbocycles. The van der Waals surface area contributed by atoms with Crippen molar-refractivity contribution in [3.63, 3.8) is 0 Å². The summed E-state index contributed by atoms with van der Waals surface area (Å²) in [6.07, 6.45) is 8.11. The standard InChI is InChI=1S/C9H9N3O/c1-3-6-13-11-7-9-4-5-10-8(2)12-9/h1,4-5,7H,6H2,2H3/b11-7+. The van der Waals surface area contributed by atoms with Crippen LogP contribution in [0.3, 0.4) is 0 Å². The molecule has 1 heterocycles. The van der Waals surface area contributed by atoms with E-state index in [4.69, 9.17) is 11.3 Å². The summed E-state index contributed by atoms with van der Waals surface area (Å²) in [4.78, 5) is 12.7. The summed E-state index contributed by atoms with van der Waals surface area (Å²) in [7, 11) is 0. The number of hydrogen-bond donors (Lipinski definition) is 0. The zero-order valence-corrected chi connectivity index (χ0v) is 7.27. The fraction of sp³-hybridized carbons (Fsp3) is 0.222. The summed E-state index contributed by atoms with van der Waals surface area (Å²) in [5.41, 5.74) is 0.699. The van der Waals surface area contributed by atoms with E-state index in [1.54, 1.807) is 19.2 Å². The Kier molecular flexibility index (Phi) is 3.45. The van der Waals surface area contributed by atoms with E-state index in [0.29, 0.717) is 11.5 Å².